The number of imide groups is 1. The Bertz CT molecular complexity index is 989. The van der Waals surface area contributed by atoms with Crippen LogP contribution in [0.2, 0.25) is 0 Å². The van der Waals surface area contributed by atoms with Gasteiger partial charge >= 0.3 is 6.03 Å². The van der Waals surface area contributed by atoms with Crippen molar-refractivity contribution in [1.29, 1.82) is 0 Å². The van der Waals surface area contributed by atoms with Crippen LogP contribution in [-0.2, 0) is 10.3 Å². The molecule has 9 nitrogen and oxygen atoms in total. The van der Waals surface area contributed by atoms with E-state index in [0.29, 0.717) is 5.75 Å². The van der Waals surface area contributed by atoms with Gasteiger partial charge in [0.15, 0.2) is 5.78 Å². The Morgan fingerprint density at radius 1 is 1.21 bits per heavy atom. The maximum Gasteiger partial charge on any atom is 0.325 e. The second-order valence-corrected chi connectivity index (χ2v) is 6.38. The number of nitrogens with one attached hydrogen (secondary N) is 1. The highest BCUT2D eigenvalue weighted by Gasteiger charge is 2.50. The van der Waals surface area contributed by atoms with Gasteiger partial charge in [-0.3, -0.25) is 24.6 Å². The number of urea groups is 1. The zero-order valence-corrected chi connectivity index (χ0v) is 15.2. The Balaban J connectivity index is 1.88. The van der Waals surface area contributed by atoms with Crippen LogP contribution in [0.15, 0.2) is 48.5 Å². The van der Waals surface area contributed by atoms with Gasteiger partial charge in [0.1, 0.15) is 11.3 Å². The number of rotatable bonds is 6. The minimum Gasteiger partial charge on any atom is -0.496 e. The van der Waals surface area contributed by atoms with Crippen molar-refractivity contribution in [3.63, 3.8) is 0 Å². The highest BCUT2D eigenvalue weighted by molar-refractivity contribution is 6.11. The molecule has 0 spiro atoms. The van der Waals surface area contributed by atoms with Gasteiger partial charge in [-0.15, -0.1) is 0 Å². The van der Waals surface area contributed by atoms with Gasteiger partial charge in [0.25, 0.3) is 11.6 Å². The number of carbonyl (C=O) groups excluding carboxylic acids is 3. The molecule has 28 heavy (non-hydrogen) atoms. The first-order valence-electron chi connectivity index (χ1n) is 8.33. The summed E-state index contributed by atoms with van der Waals surface area (Å²) >= 11 is 0. The van der Waals surface area contributed by atoms with Crippen LogP contribution in [0.3, 0.4) is 0 Å². The molecule has 1 N–H and O–H groups in total. The molecule has 0 radical (unpaired) electrons. The largest absolute Gasteiger partial charge is 0.496 e. The third-order valence-electron chi connectivity index (χ3n) is 4.62. The maximum absolute atomic E-state index is 12.9. The Kier molecular flexibility index (Phi) is 4.83. The van der Waals surface area contributed by atoms with Crippen molar-refractivity contribution >= 4 is 23.4 Å². The van der Waals surface area contributed by atoms with E-state index in [2.05, 4.69) is 5.32 Å². The lowest BCUT2D eigenvalue weighted by Crippen LogP contribution is -2.41. The first-order chi connectivity index (χ1) is 13.3. The molecule has 0 aliphatic carbocycles. The van der Waals surface area contributed by atoms with Crippen LogP contribution in [0.4, 0.5) is 10.5 Å². The van der Waals surface area contributed by atoms with Gasteiger partial charge in [0.2, 0.25) is 0 Å². The first-order valence-corrected chi connectivity index (χ1v) is 8.33. The van der Waals surface area contributed by atoms with Crippen LogP contribution in [-0.4, -0.2) is 41.2 Å². The molecular weight excluding hydrogens is 366 g/mol. The van der Waals surface area contributed by atoms with Crippen molar-refractivity contribution < 1.29 is 24.0 Å². The van der Waals surface area contributed by atoms with Crippen molar-refractivity contribution in [3.8, 4) is 5.75 Å². The van der Waals surface area contributed by atoms with E-state index in [9.17, 15) is 24.5 Å². The maximum atomic E-state index is 12.9. The van der Waals surface area contributed by atoms with Crippen LogP contribution >= 0.6 is 0 Å². The number of benzene rings is 2. The second-order valence-electron chi connectivity index (χ2n) is 6.38. The van der Waals surface area contributed by atoms with Gasteiger partial charge in [-0.2, -0.15) is 0 Å². The van der Waals surface area contributed by atoms with E-state index in [1.807, 2.05) is 0 Å². The number of Topliss-reactive ketones (excluding diaryl/α,β-unsaturated/α-hetero) is 1. The number of nitro groups is 1. The van der Waals surface area contributed by atoms with Gasteiger partial charge < -0.3 is 10.1 Å². The highest BCUT2D eigenvalue weighted by atomic mass is 16.6. The van der Waals surface area contributed by atoms with Gasteiger partial charge in [-0.25, -0.2) is 4.79 Å². The highest BCUT2D eigenvalue weighted by Crippen LogP contribution is 2.31. The van der Waals surface area contributed by atoms with Crippen molar-refractivity contribution in [2.75, 3.05) is 13.7 Å². The zero-order valence-electron chi connectivity index (χ0n) is 15.2. The summed E-state index contributed by atoms with van der Waals surface area (Å²) in [4.78, 5) is 49.2. The molecule has 1 saturated heterocycles. The Morgan fingerprint density at radius 3 is 2.61 bits per heavy atom. The van der Waals surface area contributed by atoms with Gasteiger partial charge in [0, 0.05) is 12.1 Å². The van der Waals surface area contributed by atoms with Crippen LogP contribution in [0, 0.1) is 10.1 Å². The lowest BCUT2D eigenvalue weighted by molar-refractivity contribution is -0.385. The predicted octanol–water partition coefficient (Wildman–Crippen LogP) is 2.25. The van der Waals surface area contributed by atoms with E-state index < -0.39 is 34.7 Å². The number of ketones is 1. The fraction of sp³-hybridized carbons (Fsp3) is 0.211. The summed E-state index contributed by atoms with van der Waals surface area (Å²) in [5.74, 6) is -0.800. The lowest BCUT2D eigenvalue weighted by Gasteiger charge is -2.22. The van der Waals surface area contributed by atoms with Crippen LogP contribution in [0.5, 0.6) is 5.75 Å². The quantitative estimate of drug-likeness (QED) is 0.354. The molecule has 1 atom stereocenters. The molecule has 144 valence electrons. The van der Waals surface area contributed by atoms with E-state index in [4.69, 9.17) is 4.74 Å². The summed E-state index contributed by atoms with van der Waals surface area (Å²) in [5, 5.41) is 13.5. The van der Waals surface area contributed by atoms with Crippen molar-refractivity contribution in [2.45, 2.75) is 12.5 Å². The molecule has 1 aliphatic heterocycles. The van der Waals surface area contributed by atoms with Crippen LogP contribution in [0.25, 0.3) is 0 Å². The Labute approximate surface area is 160 Å². The molecule has 0 bridgehead atoms. The first kappa shape index (κ1) is 19.0. The monoisotopic (exact) mass is 383 g/mol. The summed E-state index contributed by atoms with van der Waals surface area (Å²) in [6, 6.07) is 11.2. The standard InChI is InChI=1S/C19H17N3O6/c1-19(12-6-5-7-13(10-12)22(26)27)17(24)21(18(25)20-19)11-15(23)14-8-3-4-9-16(14)28-2/h3-10H,11H2,1-2H3,(H,20,25). The van der Waals surface area contributed by atoms with Crippen LogP contribution < -0.4 is 10.1 Å². The number of nitrogens with zero attached hydrogens (tertiary/aromatic N) is 2. The van der Waals surface area contributed by atoms with E-state index >= 15 is 0 Å². The molecular formula is C19H17N3O6. The molecule has 3 rings (SSSR count). The molecule has 0 saturated carbocycles. The van der Waals surface area contributed by atoms with Crippen molar-refractivity contribution in [2.24, 2.45) is 0 Å². The fourth-order valence-corrected chi connectivity index (χ4v) is 3.07. The number of carbonyl (C=O) groups is 3. The number of nitro benzene ring substituents is 1. The number of ether oxygens (including phenoxy) is 1. The molecule has 2 aromatic rings. The van der Waals surface area contributed by atoms with Crippen molar-refractivity contribution in [3.05, 3.63) is 69.8 Å². The lowest BCUT2D eigenvalue weighted by atomic mass is 9.91. The second kappa shape index (κ2) is 7.10. The number of methoxy groups -OCH3 is 1. The fourth-order valence-electron chi connectivity index (χ4n) is 3.07. The van der Waals surface area contributed by atoms with Gasteiger partial charge in [-0.05, 0) is 24.6 Å². The molecule has 1 heterocycles. The molecule has 1 unspecified atom stereocenters. The number of hydrogen-bond donors (Lipinski definition) is 1. The summed E-state index contributed by atoms with van der Waals surface area (Å²) in [6.07, 6.45) is 0. The van der Waals surface area contributed by atoms with Crippen molar-refractivity contribution in [1.82, 2.24) is 10.2 Å². The number of amides is 3. The van der Waals surface area contributed by atoms with Crippen LogP contribution in [0.1, 0.15) is 22.8 Å². The number of non-ortho nitro benzene ring substituents is 1. The average molecular weight is 383 g/mol. The summed E-state index contributed by atoms with van der Waals surface area (Å²) in [7, 11) is 1.42. The van der Waals surface area contributed by atoms with E-state index in [-0.39, 0.29) is 16.8 Å². The van der Waals surface area contributed by atoms with Gasteiger partial charge in [0.05, 0.1) is 24.1 Å². The third kappa shape index (κ3) is 3.18. The third-order valence-corrected chi connectivity index (χ3v) is 4.62. The van der Waals surface area contributed by atoms with E-state index in [1.165, 1.54) is 38.3 Å². The Morgan fingerprint density at radius 2 is 1.93 bits per heavy atom. The Hall–Kier alpha value is -3.75. The zero-order chi connectivity index (χ0) is 20.5. The SMILES string of the molecule is COc1ccccc1C(=O)CN1C(=O)NC(C)(c2cccc([N+](=O)[O-])c2)C1=O. The molecule has 1 aliphatic rings. The molecule has 2 aromatic carbocycles. The molecule has 9 heteroatoms. The normalized spacial score (nSPS) is 18.7. The molecule has 1 fully saturated rings. The number of para-hydroxylation sites is 1. The minimum absolute atomic E-state index is 0.204. The predicted molar refractivity (Wildman–Crippen MR) is 98.0 cm³/mol. The summed E-state index contributed by atoms with van der Waals surface area (Å²) in [6.45, 7) is 0.968. The van der Waals surface area contributed by atoms with E-state index in [0.717, 1.165) is 4.90 Å². The summed E-state index contributed by atoms with van der Waals surface area (Å²) < 4.78 is 5.14. The van der Waals surface area contributed by atoms with Gasteiger partial charge in [-0.1, -0.05) is 24.3 Å². The topological polar surface area (TPSA) is 119 Å². The smallest absolute Gasteiger partial charge is 0.325 e. The molecule has 3 amide bonds. The molecule has 0 aromatic heterocycles. The summed E-state index contributed by atoms with van der Waals surface area (Å²) in [5.41, 5.74) is -1.21. The number of hydrogen-bond acceptors (Lipinski definition) is 6. The average Bonchev–Trinajstić information content (AvgIpc) is 2.92. The van der Waals surface area contributed by atoms with E-state index in [1.54, 1.807) is 24.3 Å². The minimum atomic E-state index is -1.51.